The number of H-pyrrole nitrogens is 1. The lowest BCUT2D eigenvalue weighted by Gasteiger charge is -2.19. The summed E-state index contributed by atoms with van der Waals surface area (Å²) >= 11 is 0. The standard InChI is InChI=1S/C8H16N4O2S/c1-7(5-9)6-12(2)15(13,14)8-3-4-10-11-8/h3-4,7H,5-6,9H2,1-2H3,(H,10,11). The first-order chi connectivity index (χ1) is 6.98. The lowest BCUT2D eigenvalue weighted by Crippen LogP contribution is -2.33. The van der Waals surface area contributed by atoms with Gasteiger partial charge in [0.2, 0.25) is 0 Å². The van der Waals surface area contributed by atoms with Gasteiger partial charge in [-0.2, -0.15) is 9.40 Å². The Balaban J connectivity index is 2.79. The molecule has 86 valence electrons. The van der Waals surface area contributed by atoms with E-state index in [9.17, 15) is 8.42 Å². The Hall–Kier alpha value is -0.920. The van der Waals surface area contributed by atoms with E-state index in [0.717, 1.165) is 0 Å². The van der Waals surface area contributed by atoms with Crippen molar-refractivity contribution in [3.63, 3.8) is 0 Å². The predicted octanol–water partition coefficient (Wildman–Crippen LogP) is -0.375. The van der Waals surface area contributed by atoms with E-state index in [4.69, 9.17) is 5.73 Å². The van der Waals surface area contributed by atoms with Crippen LogP contribution in [-0.2, 0) is 10.0 Å². The van der Waals surface area contributed by atoms with Crippen LogP contribution < -0.4 is 5.73 Å². The zero-order valence-electron chi connectivity index (χ0n) is 8.84. The molecule has 0 aliphatic heterocycles. The molecule has 0 spiro atoms. The summed E-state index contributed by atoms with van der Waals surface area (Å²) in [5.41, 5.74) is 5.44. The van der Waals surface area contributed by atoms with Gasteiger partial charge in [0, 0.05) is 13.6 Å². The van der Waals surface area contributed by atoms with Crippen molar-refractivity contribution in [2.45, 2.75) is 11.9 Å². The van der Waals surface area contributed by atoms with Crippen LogP contribution in [0.2, 0.25) is 0 Å². The van der Waals surface area contributed by atoms with Gasteiger partial charge in [0.25, 0.3) is 10.0 Å². The van der Waals surface area contributed by atoms with Crippen LogP contribution in [-0.4, -0.2) is 43.1 Å². The van der Waals surface area contributed by atoms with Crippen LogP contribution in [0.25, 0.3) is 0 Å². The number of aromatic amines is 1. The topological polar surface area (TPSA) is 92.1 Å². The van der Waals surface area contributed by atoms with Gasteiger partial charge in [-0.25, -0.2) is 8.42 Å². The SMILES string of the molecule is CC(CN)CN(C)S(=O)(=O)c1ccn[nH]1. The summed E-state index contributed by atoms with van der Waals surface area (Å²) in [7, 11) is -1.91. The number of aromatic nitrogens is 2. The van der Waals surface area contributed by atoms with Gasteiger partial charge in [-0.3, -0.25) is 5.10 Å². The molecule has 1 aromatic heterocycles. The third-order valence-corrected chi connectivity index (χ3v) is 3.89. The van der Waals surface area contributed by atoms with Crippen molar-refractivity contribution in [3.05, 3.63) is 12.3 Å². The molecule has 0 aliphatic carbocycles. The Bertz CT molecular complexity index is 387. The van der Waals surface area contributed by atoms with Crippen molar-refractivity contribution in [2.75, 3.05) is 20.1 Å². The summed E-state index contributed by atoms with van der Waals surface area (Å²) in [6.45, 7) is 2.76. The number of nitrogens with two attached hydrogens (primary N) is 1. The number of rotatable bonds is 5. The van der Waals surface area contributed by atoms with E-state index in [1.807, 2.05) is 6.92 Å². The van der Waals surface area contributed by atoms with Crippen molar-refractivity contribution in [1.29, 1.82) is 0 Å². The van der Waals surface area contributed by atoms with Crippen molar-refractivity contribution >= 4 is 10.0 Å². The monoisotopic (exact) mass is 232 g/mol. The van der Waals surface area contributed by atoms with Crippen molar-refractivity contribution < 1.29 is 8.42 Å². The lowest BCUT2D eigenvalue weighted by molar-refractivity contribution is 0.403. The van der Waals surface area contributed by atoms with Crippen LogP contribution in [0.5, 0.6) is 0 Å². The summed E-state index contributed by atoms with van der Waals surface area (Å²) in [6, 6.07) is 1.43. The molecule has 1 atom stereocenters. The molecule has 0 aliphatic rings. The average Bonchev–Trinajstić information content (AvgIpc) is 2.70. The van der Waals surface area contributed by atoms with E-state index in [1.165, 1.54) is 23.6 Å². The summed E-state index contributed by atoms with van der Waals surface area (Å²) in [4.78, 5) is 0. The highest BCUT2D eigenvalue weighted by Crippen LogP contribution is 2.11. The maximum atomic E-state index is 11.9. The third-order valence-electron chi connectivity index (χ3n) is 2.13. The number of hydrogen-bond donors (Lipinski definition) is 2. The van der Waals surface area contributed by atoms with Gasteiger partial charge < -0.3 is 5.73 Å². The largest absolute Gasteiger partial charge is 0.330 e. The first kappa shape index (κ1) is 12.2. The normalized spacial score (nSPS) is 14.4. The minimum Gasteiger partial charge on any atom is -0.330 e. The van der Waals surface area contributed by atoms with Crippen LogP contribution in [0, 0.1) is 5.92 Å². The zero-order chi connectivity index (χ0) is 11.5. The molecule has 0 bridgehead atoms. The van der Waals surface area contributed by atoms with Gasteiger partial charge in [-0.15, -0.1) is 0 Å². The fraction of sp³-hybridized carbons (Fsp3) is 0.625. The predicted molar refractivity (Wildman–Crippen MR) is 56.6 cm³/mol. The second-order valence-electron chi connectivity index (χ2n) is 3.55. The van der Waals surface area contributed by atoms with Gasteiger partial charge in [0.15, 0.2) is 5.03 Å². The van der Waals surface area contributed by atoms with Gasteiger partial charge in [-0.05, 0) is 18.5 Å². The molecule has 0 radical (unpaired) electrons. The van der Waals surface area contributed by atoms with E-state index in [0.29, 0.717) is 13.1 Å². The molecule has 7 heteroatoms. The molecule has 0 saturated carbocycles. The highest BCUT2D eigenvalue weighted by atomic mass is 32.2. The van der Waals surface area contributed by atoms with E-state index >= 15 is 0 Å². The Morgan fingerprint density at radius 1 is 1.67 bits per heavy atom. The Morgan fingerprint density at radius 3 is 2.80 bits per heavy atom. The quantitative estimate of drug-likeness (QED) is 0.724. The summed E-state index contributed by atoms with van der Waals surface area (Å²) in [6.07, 6.45) is 1.41. The Morgan fingerprint density at radius 2 is 2.33 bits per heavy atom. The van der Waals surface area contributed by atoms with Crippen LogP contribution in [0.15, 0.2) is 17.3 Å². The van der Waals surface area contributed by atoms with Crippen LogP contribution in [0.1, 0.15) is 6.92 Å². The maximum absolute atomic E-state index is 11.9. The smallest absolute Gasteiger partial charge is 0.259 e. The first-order valence-electron chi connectivity index (χ1n) is 4.64. The summed E-state index contributed by atoms with van der Waals surface area (Å²) in [5.74, 6) is 0.132. The van der Waals surface area contributed by atoms with E-state index in [2.05, 4.69) is 10.2 Å². The molecule has 0 aromatic carbocycles. The molecule has 15 heavy (non-hydrogen) atoms. The van der Waals surface area contributed by atoms with Crippen molar-refractivity contribution in [3.8, 4) is 0 Å². The van der Waals surface area contributed by atoms with Gasteiger partial charge in [0.1, 0.15) is 0 Å². The number of nitrogens with zero attached hydrogens (tertiary/aromatic N) is 2. The van der Waals surface area contributed by atoms with Crippen LogP contribution >= 0.6 is 0 Å². The molecular weight excluding hydrogens is 216 g/mol. The van der Waals surface area contributed by atoms with E-state index in [1.54, 1.807) is 0 Å². The van der Waals surface area contributed by atoms with E-state index in [-0.39, 0.29) is 10.9 Å². The van der Waals surface area contributed by atoms with E-state index < -0.39 is 10.0 Å². The molecular formula is C8H16N4O2S. The third kappa shape index (κ3) is 2.77. The number of nitrogens with one attached hydrogen (secondary N) is 1. The molecule has 0 saturated heterocycles. The Kier molecular flexibility index (Phi) is 3.83. The molecule has 1 rings (SSSR count). The van der Waals surface area contributed by atoms with Crippen LogP contribution in [0.3, 0.4) is 0 Å². The molecule has 0 amide bonds. The zero-order valence-corrected chi connectivity index (χ0v) is 9.66. The molecule has 1 heterocycles. The number of hydrogen-bond acceptors (Lipinski definition) is 4. The average molecular weight is 232 g/mol. The lowest BCUT2D eigenvalue weighted by atomic mass is 10.2. The van der Waals surface area contributed by atoms with Gasteiger partial charge >= 0.3 is 0 Å². The first-order valence-corrected chi connectivity index (χ1v) is 6.08. The summed E-state index contributed by atoms with van der Waals surface area (Å²) in [5, 5.41) is 6.16. The van der Waals surface area contributed by atoms with Gasteiger partial charge in [-0.1, -0.05) is 6.92 Å². The van der Waals surface area contributed by atoms with Crippen LogP contribution in [0.4, 0.5) is 0 Å². The van der Waals surface area contributed by atoms with Crippen molar-refractivity contribution in [2.24, 2.45) is 11.7 Å². The number of sulfonamides is 1. The fourth-order valence-electron chi connectivity index (χ4n) is 1.17. The molecule has 1 unspecified atom stereocenters. The minimum absolute atomic E-state index is 0.106. The van der Waals surface area contributed by atoms with Gasteiger partial charge in [0.05, 0.1) is 6.20 Å². The summed E-state index contributed by atoms with van der Waals surface area (Å²) < 4.78 is 25.0. The fourth-order valence-corrected chi connectivity index (χ4v) is 2.35. The molecule has 3 N–H and O–H groups in total. The van der Waals surface area contributed by atoms with Crippen molar-refractivity contribution in [1.82, 2.24) is 14.5 Å². The second-order valence-corrected chi connectivity index (χ2v) is 5.56. The molecule has 1 aromatic rings. The minimum atomic E-state index is -3.44. The maximum Gasteiger partial charge on any atom is 0.259 e. The Labute approximate surface area is 89.5 Å². The molecule has 6 nitrogen and oxygen atoms in total. The molecule has 0 fully saturated rings. The highest BCUT2D eigenvalue weighted by molar-refractivity contribution is 7.89. The highest BCUT2D eigenvalue weighted by Gasteiger charge is 2.22. The second kappa shape index (κ2) is 4.73.